The fourth-order valence-electron chi connectivity index (χ4n) is 1.41. The summed E-state index contributed by atoms with van der Waals surface area (Å²) in [5.74, 6) is 0. The van der Waals surface area contributed by atoms with Crippen LogP contribution >= 0.6 is 0 Å². The van der Waals surface area contributed by atoms with Gasteiger partial charge in [-0.25, -0.2) is 0 Å². The summed E-state index contributed by atoms with van der Waals surface area (Å²) in [7, 11) is 0. The Balaban J connectivity index is 1.55. The molecule has 0 aromatic rings. The smallest absolute Gasteiger partial charge is 0.0944 e. The first-order chi connectivity index (χ1) is 6.95. The largest absolute Gasteiger partial charge is 0.368 e. The summed E-state index contributed by atoms with van der Waals surface area (Å²) in [5.41, 5.74) is 0. The minimum atomic E-state index is 0.147. The maximum Gasteiger partial charge on any atom is 0.0944 e. The van der Waals surface area contributed by atoms with E-state index >= 15 is 0 Å². The minimum Gasteiger partial charge on any atom is -0.368 e. The summed E-state index contributed by atoms with van der Waals surface area (Å²) in [6.45, 7) is 1.27. The van der Waals surface area contributed by atoms with E-state index in [2.05, 4.69) is 0 Å². The van der Waals surface area contributed by atoms with E-state index in [4.69, 9.17) is 9.47 Å². The van der Waals surface area contributed by atoms with Gasteiger partial charge in [-0.15, -0.1) is 0 Å². The molecule has 0 unspecified atom stereocenters. The Kier molecular flexibility index (Phi) is 3.33. The quantitative estimate of drug-likeness (QED) is 0.617. The van der Waals surface area contributed by atoms with Gasteiger partial charge in [-0.05, 0) is 0 Å². The molecule has 2 heteroatoms. The van der Waals surface area contributed by atoms with E-state index in [1.54, 1.807) is 0 Å². The van der Waals surface area contributed by atoms with E-state index in [0.717, 1.165) is 0 Å². The molecule has 0 atom stereocenters. The number of hydrogen-bond acceptors (Lipinski definition) is 2. The Morgan fingerprint density at radius 1 is 0.643 bits per heavy atom. The third-order valence-electron chi connectivity index (χ3n) is 2.13. The van der Waals surface area contributed by atoms with Crippen molar-refractivity contribution in [1.82, 2.24) is 0 Å². The van der Waals surface area contributed by atoms with E-state index in [0.29, 0.717) is 13.2 Å². The number of allylic oxidation sites excluding steroid dienone is 4. The second-order valence-corrected chi connectivity index (χ2v) is 3.21. The molecular formula is C12H14O2. The molecule has 0 bridgehead atoms. The van der Waals surface area contributed by atoms with Gasteiger partial charge < -0.3 is 9.47 Å². The standard InChI is InChI=1S/C12H14O2/c1-2-6-11(5-1)13-9-10-14-12-7-3-4-8-12/h1-8,11-12H,9-10H2. The van der Waals surface area contributed by atoms with Crippen molar-refractivity contribution >= 4 is 0 Å². The maximum atomic E-state index is 5.52. The highest BCUT2D eigenvalue weighted by Crippen LogP contribution is 2.06. The highest BCUT2D eigenvalue weighted by atomic mass is 16.5. The molecule has 0 spiro atoms. The van der Waals surface area contributed by atoms with Crippen LogP contribution in [0.1, 0.15) is 0 Å². The normalized spacial score (nSPS) is 20.3. The topological polar surface area (TPSA) is 18.5 Å². The molecule has 0 heterocycles. The van der Waals surface area contributed by atoms with Gasteiger partial charge in [-0.1, -0.05) is 48.6 Å². The predicted molar refractivity (Wildman–Crippen MR) is 56.0 cm³/mol. The van der Waals surface area contributed by atoms with Crippen LogP contribution in [0.25, 0.3) is 0 Å². The van der Waals surface area contributed by atoms with Crippen LogP contribution in [0, 0.1) is 0 Å². The average Bonchev–Trinajstić information content (AvgIpc) is 2.86. The Bertz CT molecular complexity index is 233. The number of hydrogen-bond donors (Lipinski definition) is 0. The van der Waals surface area contributed by atoms with Crippen molar-refractivity contribution in [1.29, 1.82) is 0 Å². The van der Waals surface area contributed by atoms with Crippen LogP contribution in [0.2, 0.25) is 0 Å². The predicted octanol–water partition coefficient (Wildman–Crippen LogP) is 2.01. The lowest BCUT2D eigenvalue weighted by Crippen LogP contribution is -2.14. The van der Waals surface area contributed by atoms with Crippen molar-refractivity contribution < 1.29 is 9.47 Å². The molecule has 14 heavy (non-hydrogen) atoms. The molecule has 0 aromatic carbocycles. The average molecular weight is 190 g/mol. The van der Waals surface area contributed by atoms with E-state index in [-0.39, 0.29) is 12.2 Å². The van der Waals surface area contributed by atoms with Gasteiger partial charge in [0.1, 0.15) is 0 Å². The third kappa shape index (κ3) is 2.69. The zero-order valence-electron chi connectivity index (χ0n) is 8.00. The zero-order valence-corrected chi connectivity index (χ0v) is 8.00. The van der Waals surface area contributed by atoms with Gasteiger partial charge in [-0.3, -0.25) is 0 Å². The van der Waals surface area contributed by atoms with Crippen molar-refractivity contribution in [2.24, 2.45) is 0 Å². The highest BCUT2D eigenvalue weighted by molar-refractivity contribution is 5.19. The lowest BCUT2D eigenvalue weighted by Gasteiger charge is -2.10. The number of ether oxygens (including phenoxy) is 2. The lowest BCUT2D eigenvalue weighted by atomic mass is 10.4. The van der Waals surface area contributed by atoms with Gasteiger partial charge in [0.05, 0.1) is 25.4 Å². The van der Waals surface area contributed by atoms with Crippen molar-refractivity contribution in [3.05, 3.63) is 48.6 Å². The maximum absolute atomic E-state index is 5.52. The van der Waals surface area contributed by atoms with Crippen molar-refractivity contribution in [2.75, 3.05) is 13.2 Å². The summed E-state index contributed by atoms with van der Waals surface area (Å²) < 4.78 is 11.0. The van der Waals surface area contributed by atoms with Crippen LogP contribution in [0.15, 0.2) is 48.6 Å². The monoisotopic (exact) mass is 190 g/mol. The van der Waals surface area contributed by atoms with Crippen LogP contribution in [0.5, 0.6) is 0 Å². The summed E-state index contributed by atoms with van der Waals surface area (Å²) in [5, 5.41) is 0. The molecule has 2 aliphatic rings. The molecule has 0 fully saturated rings. The van der Waals surface area contributed by atoms with Crippen molar-refractivity contribution in [3.63, 3.8) is 0 Å². The molecule has 0 radical (unpaired) electrons. The molecule has 0 N–H and O–H groups in total. The molecular weight excluding hydrogens is 176 g/mol. The van der Waals surface area contributed by atoms with Gasteiger partial charge >= 0.3 is 0 Å². The van der Waals surface area contributed by atoms with Gasteiger partial charge in [0, 0.05) is 0 Å². The van der Waals surface area contributed by atoms with Crippen LogP contribution in [0.4, 0.5) is 0 Å². The second kappa shape index (κ2) is 4.94. The summed E-state index contributed by atoms with van der Waals surface area (Å²) in [4.78, 5) is 0. The molecule has 0 aromatic heterocycles. The van der Waals surface area contributed by atoms with E-state index in [9.17, 15) is 0 Å². The Hall–Kier alpha value is -1.12. The summed E-state index contributed by atoms with van der Waals surface area (Å²) >= 11 is 0. The van der Waals surface area contributed by atoms with Crippen LogP contribution in [0.3, 0.4) is 0 Å². The first kappa shape index (κ1) is 9.44. The van der Waals surface area contributed by atoms with Gasteiger partial charge in [0.25, 0.3) is 0 Å². The Labute approximate surface area is 84.2 Å². The molecule has 0 saturated heterocycles. The van der Waals surface area contributed by atoms with Crippen LogP contribution in [-0.2, 0) is 9.47 Å². The summed E-state index contributed by atoms with van der Waals surface area (Å²) in [6.07, 6.45) is 16.4. The lowest BCUT2D eigenvalue weighted by molar-refractivity contribution is 0.0308. The Morgan fingerprint density at radius 3 is 1.36 bits per heavy atom. The van der Waals surface area contributed by atoms with Crippen molar-refractivity contribution in [2.45, 2.75) is 12.2 Å². The molecule has 0 saturated carbocycles. The van der Waals surface area contributed by atoms with E-state index in [1.165, 1.54) is 0 Å². The molecule has 2 aliphatic carbocycles. The fraction of sp³-hybridized carbons (Fsp3) is 0.333. The summed E-state index contributed by atoms with van der Waals surface area (Å²) in [6, 6.07) is 0. The zero-order chi connectivity index (χ0) is 9.64. The first-order valence-corrected chi connectivity index (χ1v) is 4.88. The van der Waals surface area contributed by atoms with E-state index < -0.39 is 0 Å². The van der Waals surface area contributed by atoms with Gasteiger partial charge in [-0.2, -0.15) is 0 Å². The first-order valence-electron chi connectivity index (χ1n) is 4.88. The third-order valence-corrected chi connectivity index (χ3v) is 2.13. The molecule has 0 aliphatic heterocycles. The fourth-order valence-corrected chi connectivity index (χ4v) is 1.41. The second-order valence-electron chi connectivity index (χ2n) is 3.21. The Morgan fingerprint density at radius 2 is 1.00 bits per heavy atom. The highest BCUT2D eigenvalue weighted by Gasteiger charge is 2.05. The SMILES string of the molecule is C1=CC(OCCOC2C=CC=C2)C=C1. The van der Waals surface area contributed by atoms with Crippen LogP contribution < -0.4 is 0 Å². The van der Waals surface area contributed by atoms with Gasteiger partial charge in [0.15, 0.2) is 0 Å². The van der Waals surface area contributed by atoms with Gasteiger partial charge in [0.2, 0.25) is 0 Å². The van der Waals surface area contributed by atoms with Crippen LogP contribution in [-0.4, -0.2) is 25.4 Å². The molecule has 0 amide bonds. The van der Waals surface area contributed by atoms with Crippen molar-refractivity contribution in [3.8, 4) is 0 Å². The van der Waals surface area contributed by atoms with E-state index in [1.807, 2.05) is 48.6 Å². The molecule has 2 rings (SSSR count). The number of rotatable bonds is 5. The molecule has 2 nitrogen and oxygen atoms in total. The minimum absolute atomic E-state index is 0.147. The molecule has 74 valence electrons.